The maximum Gasteiger partial charge on any atom is 0.254 e. The highest BCUT2D eigenvalue weighted by Crippen LogP contribution is 2.26. The van der Waals surface area contributed by atoms with Gasteiger partial charge in [-0.3, -0.25) is 9.59 Å². The van der Waals surface area contributed by atoms with Crippen LogP contribution in [0.15, 0.2) is 36.5 Å². The number of pyridine rings is 1. The van der Waals surface area contributed by atoms with Crippen molar-refractivity contribution in [2.75, 3.05) is 13.1 Å². The topological polar surface area (TPSA) is 80.1 Å². The van der Waals surface area contributed by atoms with Crippen LogP contribution in [0.4, 0.5) is 4.39 Å². The quantitative estimate of drug-likeness (QED) is 0.627. The lowest BCUT2D eigenvalue weighted by Crippen LogP contribution is -2.46. The van der Waals surface area contributed by atoms with E-state index in [1.165, 1.54) is 24.3 Å². The zero-order valence-electron chi connectivity index (χ0n) is 19.5. The minimum Gasteiger partial charge on any atom is -0.349 e. The highest BCUT2D eigenvalue weighted by molar-refractivity contribution is 6.05. The molecule has 0 atom stereocenters. The van der Waals surface area contributed by atoms with Gasteiger partial charge in [-0.25, -0.2) is 14.1 Å². The smallest absolute Gasteiger partial charge is 0.254 e. The predicted molar refractivity (Wildman–Crippen MR) is 125 cm³/mol. The summed E-state index contributed by atoms with van der Waals surface area (Å²) in [5.41, 5.74) is 2.66. The minimum absolute atomic E-state index is 0.0287. The number of hydrogen-bond donors (Lipinski definition) is 1. The standard InChI is InChI=1S/C25H30FN5O2/c1-15(2)22-13-20(21-14-27-31(16(3)4)23(21)29-22)25(33)30-11-9-19(10-12-30)28-24(32)17-5-7-18(26)8-6-17/h5-8,13-16,19H,9-12H2,1-4H3,(H,28,32). The van der Waals surface area contributed by atoms with Crippen molar-refractivity contribution in [3.8, 4) is 0 Å². The molecule has 3 aromatic rings. The summed E-state index contributed by atoms with van der Waals surface area (Å²) in [4.78, 5) is 32.5. The van der Waals surface area contributed by atoms with Crippen molar-refractivity contribution in [1.82, 2.24) is 25.0 Å². The predicted octanol–water partition coefficient (Wildman–Crippen LogP) is 4.31. The van der Waals surface area contributed by atoms with E-state index in [0.717, 1.165) is 16.7 Å². The first-order valence-corrected chi connectivity index (χ1v) is 11.5. The Kier molecular flexibility index (Phi) is 6.44. The fourth-order valence-electron chi connectivity index (χ4n) is 4.16. The van der Waals surface area contributed by atoms with Gasteiger partial charge in [0.15, 0.2) is 5.65 Å². The van der Waals surface area contributed by atoms with Crippen molar-refractivity contribution in [3.63, 3.8) is 0 Å². The summed E-state index contributed by atoms with van der Waals surface area (Å²) in [6.45, 7) is 9.31. The summed E-state index contributed by atoms with van der Waals surface area (Å²) >= 11 is 0. The molecule has 1 saturated heterocycles. The van der Waals surface area contributed by atoms with E-state index in [9.17, 15) is 14.0 Å². The van der Waals surface area contributed by atoms with E-state index in [0.29, 0.717) is 37.1 Å². The molecule has 2 amide bonds. The van der Waals surface area contributed by atoms with Crippen LogP contribution < -0.4 is 5.32 Å². The minimum atomic E-state index is -0.372. The van der Waals surface area contributed by atoms with Crippen LogP contribution in [0.3, 0.4) is 0 Å². The summed E-state index contributed by atoms with van der Waals surface area (Å²) < 4.78 is 15.0. The average Bonchev–Trinajstić information content (AvgIpc) is 3.23. The Morgan fingerprint density at radius 2 is 1.76 bits per heavy atom. The molecule has 1 fully saturated rings. The molecule has 0 spiro atoms. The Morgan fingerprint density at radius 3 is 2.36 bits per heavy atom. The van der Waals surface area contributed by atoms with Gasteiger partial charge in [0.1, 0.15) is 5.82 Å². The molecule has 0 radical (unpaired) electrons. The number of carbonyl (C=O) groups is 2. The van der Waals surface area contributed by atoms with Gasteiger partial charge in [0.2, 0.25) is 0 Å². The summed E-state index contributed by atoms with van der Waals surface area (Å²) in [5.74, 6) is -0.443. The number of benzene rings is 1. The van der Waals surface area contributed by atoms with Crippen molar-refractivity contribution in [3.05, 3.63) is 59.2 Å². The maximum atomic E-state index is 13.5. The first-order valence-electron chi connectivity index (χ1n) is 11.5. The summed E-state index contributed by atoms with van der Waals surface area (Å²) in [6.07, 6.45) is 3.06. The van der Waals surface area contributed by atoms with E-state index in [1.54, 1.807) is 6.20 Å². The molecule has 3 heterocycles. The maximum absolute atomic E-state index is 13.5. The number of hydrogen-bond acceptors (Lipinski definition) is 4. The lowest BCUT2D eigenvalue weighted by atomic mass is 10.0. The van der Waals surface area contributed by atoms with Gasteiger partial charge in [-0.15, -0.1) is 0 Å². The SMILES string of the molecule is CC(C)c1cc(C(=O)N2CCC(NC(=O)c3ccc(F)cc3)CC2)c2cnn(C(C)C)c2n1. The zero-order valence-corrected chi connectivity index (χ0v) is 19.5. The average molecular weight is 452 g/mol. The van der Waals surface area contributed by atoms with Crippen LogP contribution >= 0.6 is 0 Å². The first kappa shape index (κ1) is 22.9. The zero-order chi connectivity index (χ0) is 23.7. The number of halogens is 1. The van der Waals surface area contributed by atoms with Gasteiger partial charge in [0.05, 0.1) is 17.1 Å². The van der Waals surface area contributed by atoms with Crippen LogP contribution in [0.25, 0.3) is 11.0 Å². The van der Waals surface area contributed by atoms with Crippen molar-refractivity contribution in [1.29, 1.82) is 0 Å². The third-order valence-corrected chi connectivity index (χ3v) is 6.12. The van der Waals surface area contributed by atoms with E-state index in [2.05, 4.69) is 24.3 Å². The second-order valence-electron chi connectivity index (χ2n) is 9.22. The fraction of sp³-hybridized carbons (Fsp3) is 0.440. The molecule has 4 rings (SSSR count). The monoisotopic (exact) mass is 451 g/mol. The largest absolute Gasteiger partial charge is 0.349 e. The summed E-state index contributed by atoms with van der Waals surface area (Å²) in [7, 11) is 0. The molecule has 174 valence electrons. The van der Waals surface area contributed by atoms with Gasteiger partial charge in [-0.2, -0.15) is 5.10 Å². The molecule has 33 heavy (non-hydrogen) atoms. The molecular weight excluding hydrogens is 421 g/mol. The molecule has 0 unspecified atom stereocenters. The number of carbonyl (C=O) groups excluding carboxylic acids is 2. The Bertz CT molecular complexity index is 1160. The van der Waals surface area contributed by atoms with Crippen LogP contribution in [0.1, 0.15) is 78.9 Å². The molecule has 1 aliphatic heterocycles. The highest BCUT2D eigenvalue weighted by Gasteiger charge is 2.27. The molecule has 2 aromatic heterocycles. The van der Waals surface area contributed by atoms with Crippen LogP contribution in [0.2, 0.25) is 0 Å². The summed E-state index contributed by atoms with van der Waals surface area (Å²) in [5, 5.41) is 8.24. The van der Waals surface area contributed by atoms with Gasteiger partial charge in [-0.1, -0.05) is 13.8 Å². The number of piperidine rings is 1. The molecule has 1 aromatic carbocycles. The third kappa shape index (κ3) is 4.74. The van der Waals surface area contributed by atoms with Crippen LogP contribution in [0.5, 0.6) is 0 Å². The number of likely N-dealkylation sites (tertiary alicyclic amines) is 1. The van der Waals surface area contributed by atoms with Crippen LogP contribution in [-0.2, 0) is 0 Å². The Labute approximate surface area is 193 Å². The van der Waals surface area contributed by atoms with Crippen molar-refractivity contribution < 1.29 is 14.0 Å². The molecule has 0 bridgehead atoms. The lowest BCUT2D eigenvalue weighted by molar-refractivity contribution is 0.0699. The molecule has 1 aliphatic rings. The number of nitrogens with one attached hydrogen (secondary N) is 1. The normalized spacial score (nSPS) is 14.9. The van der Waals surface area contributed by atoms with Crippen molar-refractivity contribution >= 4 is 22.8 Å². The molecule has 8 heteroatoms. The van der Waals surface area contributed by atoms with E-state index >= 15 is 0 Å². The van der Waals surface area contributed by atoms with E-state index in [4.69, 9.17) is 4.98 Å². The van der Waals surface area contributed by atoms with Gasteiger partial charge in [0.25, 0.3) is 11.8 Å². The van der Waals surface area contributed by atoms with Gasteiger partial charge in [-0.05, 0) is 62.9 Å². The Hall–Kier alpha value is -3.29. The molecular formula is C25H30FN5O2. The first-order chi connectivity index (χ1) is 15.7. The van der Waals surface area contributed by atoms with Crippen LogP contribution in [0, 0.1) is 5.82 Å². The van der Waals surface area contributed by atoms with Crippen molar-refractivity contribution in [2.24, 2.45) is 0 Å². The van der Waals surface area contributed by atoms with E-state index in [-0.39, 0.29) is 35.6 Å². The Balaban J connectivity index is 1.48. The van der Waals surface area contributed by atoms with Crippen molar-refractivity contribution in [2.45, 2.75) is 58.5 Å². The number of aromatic nitrogens is 3. The molecule has 0 aliphatic carbocycles. The highest BCUT2D eigenvalue weighted by atomic mass is 19.1. The lowest BCUT2D eigenvalue weighted by Gasteiger charge is -2.32. The van der Waals surface area contributed by atoms with E-state index in [1.807, 2.05) is 29.5 Å². The fourth-order valence-corrected chi connectivity index (χ4v) is 4.16. The van der Waals surface area contributed by atoms with Gasteiger partial charge in [0, 0.05) is 36.4 Å². The number of amides is 2. The number of rotatable bonds is 5. The Morgan fingerprint density at radius 1 is 1.09 bits per heavy atom. The number of nitrogens with zero attached hydrogens (tertiary/aromatic N) is 4. The third-order valence-electron chi connectivity index (χ3n) is 6.12. The van der Waals surface area contributed by atoms with Gasteiger partial charge >= 0.3 is 0 Å². The summed E-state index contributed by atoms with van der Waals surface area (Å²) in [6, 6.07) is 7.50. The molecule has 0 saturated carbocycles. The van der Waals surface area contributed by atoms with Crippen LogP contribution in [-0.4, -0.2) is 50.6 Å². The van der Waals surface area contributed by atoms with E-state index < -0.39 is 0 Å². The molecule has 7 nitrogen and oxygen atoms in total. The second-order valence-corrected chi connectivity index (χ2v) is 9.22. The second kappa shape index (κ2) is 9.29. The van der Waals surface area contributed by atoms with Gasteiger partial charge < -0.3 is 10.2 Å². The number of fused-ring (bicyclic) bond motifs is 1. The molecule has 1 N–H and O–H groups in total.